The van der Waals surface area contributed by atoms with Gasteiger partial charge in [-0.1, -0.05) is 18.2 Å². The first-order valence-corrected chi connectivity index (χ1v) is 8.51. The van der Waals surface area contributed by atoms with E-state index in [-0.39, 0.29) is 0 Å². The lowest BCUT2D eigenvalue weighted by Gasteiger charge is -2.03. The fourth-order valence-electron chi connectivity index (χ4n) is 3.50. The van der Waals surface area contributed by atoms with Crippen molar-refractivity contribution < 1.29 is 0 Å². The summed E-state index contributed by atoms with van der Waals surface area (Å²) in [6.07, 6.45) is 3.63. The third kappa shape index (κ3) is 2.14. The number of aryl methyl sites for hydroxylation is 2. The molecule has 0 spiro atoms. The summed E-state index contributed by atoms with van der Waals surface area (Å²) in [5.41, 5.74) is 6.38. The summed E-state index contributed by atoms with van der Waals surface area (Å²) >= 11 is 0. The minimum absolute atomic E-state index is 0.883. The number of aromatic nitrogens is 5. The first kappa shape index (κ1) is 14.8. The minimum Gasteiger partial charge on any atom is -0.326 e. The Bertz CT molecular complexity index is 1250. The fraction of sp³-hybridized carbons (Fsp3) is 0.0952. The Morgan fingerprint density at radius 3 is 2.42 bits per heavy atom. The number of para-hydroxylation sites is 2. The number of nitrogens with zero attached hydrogens (tertiary/aromatic N) is 5. The van der Waals surface area contributed by atoms with Crippen LogP contribution in [0, 0.1) is 0 Å². The molecule has 0 aliphatic carbocycles. The first-order chi connectivity index (χ1) is 12.7. The van der Waals surface area contributed by atoms with Gasteiger partial charge in [-0.15, -0.1) is 0 Å². The average Bonchev–Trinajstić information content (AvgIpc) is 3.20. The van der Waals surface area contributed by atoms with Crippen molar-refractivity contribution in [2.75, 3.05) is 0 Å². The van der Waals surface area contributed by atoms with Crippen molar-refractivity contribution >= 4 is 21.9 Å². The van der Waals surface area contributed by atoms with Gasteiger partial charge in [-0.25, -0.2) is 4.98 Å². The Morgan fingerprint density at radius 2 is 1.62 bits per heavy atom. The van der Waals surface area contributed by atoms with Gasteiger partial charge in [0.05, 0.1) is 16.6 Å². The average molecular weight is 339 g/mol. The van der Waals surface area contributed by atoms with Crippen molar-refractivity contribution in [2.24, 2.45) is 14.1 Å². The zero-order valence-corrected chi connectivity index (χ0v) is 14.6. The highest BCUT2D eigenvalue weighted by atomic mass is 15.3. The van der Waals surface area contributed by atoms with Crippen LogP contribution in [0.4, 0.5) is 0 Å². The van der Waals surface area contributed by atoms with Crippen LogP contribution in [0.2, 0.25) is 0 Å². The van der Waals surface area contributed by atoms with Gasteiger partial charge in [-0.2, -0.15) is 5.10 Å². The van der Waals surface area contributed by atoms with Crippen LogP contribution in [-0.4, -0.2) is 24.3 Å². The van der Waals surface area contributed by atoms with Crippen molar-refractivity contribution in [1.82, 2.24) is 24.3 Å². The van der Waals surface area contributed by atoms with Gasteiger partial charge in [0.15, 0.2) is 5.82 Å². The van der Waals surface area contributed by atoms with Gasteiger partial charge in [0.25, 0.3) is 0 Å². The van der Waals surface area contributed by atoms with Crippen LogP contribution >= 0.6 is 0 Å². The lowest BCUT2D eigenvalue weighted by atomic mass is 10.0. The molecule has 0 unspecified atom stereocenters. The van der Waals surface area contributed by atoms with Crippen LogP contribution in [0.5, 0.6) is 0 Å². The predicted molar refractivity (Wildman–Crippen MR) is 104 cm³/mol. The van der Waals surface area contributed by atoms with Crippen LogP contribution < -0.4 is 0 Å². The van der Waals surface area contributed by atoms with E-state index in [1.807, 2.05) is 61.5 Å². The molecule has 0 fully saturated rings. The summed E-state index contributed by atoms with van der Waals surface area (Å²) in [4.78, 5) is 8.90. The van der Waals surface area contributed by atoms with Crippen molar-refractivity contribution in [3.05, 3.63) is 67.0 Å². The van der Waals surface area contributed by atoms with E-state index in [9.17, 15) is 0 Å². The summed E-state index contributed by atoms with van der Waals surface area (Å²) < 4.78 is 4.03. The molecule has 26 heavy (non-hydrogen) atoms. The smallest absolute Gasteiger partial charge is 0.162 e. The third-order valence-electron chi connectivity index (χ3n) is 4.86. The number of rotatable bonds is 2. The second-order valence-corrected chi connectivity index (χ2v) is 6.42. The van der Waals surface area contributed by atoms with Crippen LogP contribution in [0.1, 0.15) is 0 Å². The normalized spacial score (nSPS) is 11.5. The molecule has 3 heterocycles. The molecule has 0 aliphatic rings. The molecule has 0 saturated carbocycles. The number of hydrogen-bond donors (Lipinski definition) is 0. The van der Waals surface area contributed by atoms with E-state index in [1.165, 1.54) is 0 Å². The van der Waals surface area contributed by atoms with Gasteiger partial charge >= 0.3 is 0 Å². The summed E-state index contributed by atoms with van der Waals surface area (Å²) in [5, 5.41) is 5.87. The van der Waals surface area contributed by atoms with Crippen molar-refractivity contribution in [3.8, 4) is 22.6 Å². The molecule has 2 aromatic carbocycles. The molecule has 0 amide bonds. The molecular weight excluding hydrogens is 322 g/mol. The highest BCUT2D eigenvalue weighted by Crippen LogP contribution is 2.31. The Hall–Kier alpha value is -3.47. The minimum atomic E-state index is 0.883. The molecule has 0 saturated heterocycles. The molecule has 0 aliphatic heterocycles. The monoisotopic (exact) mass is 339 g/mol. The molecule has 0 radical (unpaired) electrons. The molecule has 0 N–H and O–H groups in total. The fourth-order valence-corrected chi connectivity index (χ4v) is 3.50. The summed E-state index contributed by atoms with van der Waals surface area (Å²) in [7, 11) is 4.02. The maximum absolute atomic E-state index is 4.81. The molecule has 0 bridgehead atoms. The van der Waals surface area contributed by atoms with E-state index < -0.39 is 0 Å². The number of benzene rings is 2. The maximum Gasteiger partial charge on any atom is 0.162 e. The van der Waals surface area contributed by atoms with Gasteiger partial charge in [0.1, 0.15) is 5.69 Å². The van der Waals surface area contributed by atoms with Crippen LogP contribution in [0.15, 0.2) is 67.0 Å². The lowest BCUT2D eigenvalue weighted by Crippen LogP contribution is -1.95. The zero-order valence-electron chi connectivity index (χ0n) is 14.6. The zero-order chi connectivity index (χ0) is 17.7. The lowest BCUT2D eigenvalue weighted by molar-refractivity contribution is 0.794. The van der Waals surface area contributed by atoms with Gasteiger partial charge < -0.3 is 4.57 Å². The number of hydrogen-bond acceptors (Lipinski definition) is 3. The largest absolute Gasteiger partial charge is 0.326 e. The van der Waals surface area contributed by atoms with E-state index in [1.54, 1.807) is 0 Å². The second-order valence-electron chi connectivity index (χ2n) is 6.42. The van der Waals surface area contributed by atoms with Crippen LogP contribution in [0.25, 0.3) is 44.6 Å². The predicted octanol–water partition coefficient (Wildman–Crippen LogP) is 4.19. The van der Waals surface area contributed by atoms with Crippen molar-refractivity contribution in [2.45, 2.75) is 0 Å². The molecule has 5 heteroatoms. The van der Waals surface area contributed by atoms with E-state index in [0.717, 1.165) is 44.6 Å². The Labute approximate surface area is 150 Å². The van der Waals surface area contributed by atoms with Gasteiger partial charge in [-0.05, 0) is 47.5 Å². The van der Waals surface area contributed by atoms with Crippen LogP contribution in [-0.2, 0) is 14.1 Å². The molecule has 5 aromatic rings. The molecule has 0 atom stereocenters. The number of pyridine rings is 1. The van der Waals surface area contributed by atoms with E-state index in [4.69, 9.17) is 10.1 Å². The molecule has 5 nitrogen and oxygen atoms in total. The number of imidazole rings is 1. The van der Waals surface area contributed by atoms with E-state index in [2.05, 4.69) is 33.8 Å². The maximum atomic E-state index is 4.81. The summed E-state index contributed by atoms with van der Waals surface area (Å²) in [6, 6.07) is 18.6. The Morgan fingerprint density at radius 1 is 0.808 bits per heavy atom. The molecular formula is C21H17N5. The van der Waals surface area contributed by atoms with Gasteiger partial charge in [0.2, 0.25) is 0 Å². The Balaban J connectivity index is 1.73. The third-order valence-corrected chi connectivity index (χ3v) is 4.86. The summed E-state index contributed by atoms with van der Waals surface area (Å²) in [6.45, 7) is 0. The molecule has 3 aromatic heterocycles. The first-order valence-electron chi connectivity index (χ1n) is 8.51. The Kier molecular flexibility index (Phi) is 3.15. The molecule has 126 valence electrons. The quantitative estimate of drug-likeness (QED) is 0.484. The second kappa shape index (κ2) is 5.52. The SMILES string of the molecule is Cn1nc(-c2nc3ccccc3n2C)c2ccc(-c3ccncc3)cc21. The van der Waals surface area contributed by atoms with E-state index >= 15 is 0 Å². The van der Waals surface area contributed by atoms with E-state index in [0.29, 0.717) is 0 Å². The van der Waals surface area contributed by atoms with Crippen LogP contribution in [0.3, 0.4) is 0 Å². The van der Waals surface area contributed by atoms with Crippen molar-refractivity contribution in [1.29, 1.82) is 0 Å². The van der Waals surface area contributed by atoms with Crippen molar-refractivity contribution in [3.63, 3.8) is 0 Å². The highest BCUT2D eigenvalue weighted by molar-refractivity contribution is 5.96. The van der Waals surface area contributed by atoms with Gasteiger partial charge in [-0.3, -0.25) is 9.67 Å². The highest BCUT2D eigenvalue weighted by Gasteiger charge is 2.17. The standard InChI is InChI=1S/C21H17N5/c1-25-18-6-4-3-5-17(18)23-21(25)20-16-8-7-15(13-19(16)26(2)24-20)14-9-11-22-12-10-14/h3-13H,1-2H3. The topological polar surface area (TPSA) is 48.5 Å². The van der Waals surface area contributed by atoms with Gasteiger partial charge in [0, 0.05) is 31.9 Å². The summed E-state index contributed by atoms with van der Waals surface area (Å²) in [5.74, 6) is 0.883. The number of fused-ring (bicyclic) bond motifs is 2. The molecule has 5 rings (SSSR count).